The molecule has 0 bridgehead atoms. The lowest BCUT2D eigenvalue weighted by molar-refractivity contribution is -0.160. The van der Waals surface area contributed by atoms with E-state index >= 15 is 0 Å². The van der Waals surface area contributed by atoms with Gasteiger partial charge in [0.25, 0.3) is 0 Å². The summed E-state index contributed by atoms with van der Waals surface area (Å²) in [6.07, 6.45) is 4.70. The van der Waals surface area contributed by atoms with Crippen molar-refractivity contribution >= 4 is 11.8 Å². The predicted molar refractivity (Wildman–Crippen MR) is 57.4 cm³/mol. The van der Waals surface area contributed by atoms with Crippen molar-refractivity contribution in [2.24, 2.45) is 5.41 Å². The second-order valence-electron chi connectivity index (χ2n) is 4.14. The first-order valence-electron chi connectivity index (χ1n) is 5.88. The largest absolute Gasteiger partial charge is 0.465 e. The summed E-state index contributed by atoms with van der Waals surface area (Å²) in [7, 11) is 0. The zero-order valence-corrected chi connectivity index (χ0v) is 9.67. The van der Waals surface area contributed by atoms with Gasteiger partial charge < -0.3 is 4.74 Å². The van der Waals surface area contributed by atoms with Crippen LogP contribution in [-0.2, 0) is 14.3 Å². The minimum Gasteiger partial charge on any atom is -0.465 e. The maximum Gasteiger partial charge on any atom is 0.319 e. The van der Waals surface area contributed by atoms with Crippen LogP contribution in [0.2, 0.25) is 0 Å². The van der Waals surface area contributed by atoms with E-state index in [1.54, 1.807) is 6.92 Å². The molecule has 15 heavy (non-hydrogen) atoms. The van der Waals surface area contributed by atoms with Gasteiger partial charge in [0.05, 0.1) is 6.61 Å². The molecule has 1 fully saturated rings. The van der Waals surface area contributed by atoms with Gasteiger partial charge in [0.1, 0.15) is 11.2 Å². The molecule has 0 aromatic rings. The summed E-state index contributed by atoms with van der Waals surface area (Å²) in [5.74, 6) is -0.222. The van der Waals surface area contributed by atoms with E-state index in [0.717, 1.165) is 19.3 Å². The third-order valence-electron chi connectivity index (χ3n) is 3.31. The molecule has 1 aliphatic carbocycles. The second kappa shape index (κ2) is 5.29. The van der Waals surface area contributed by atoms with Crippen molar-refractivity contribution in [3.05, 3.63) is 0 Å². The molecule has 3 heteroatoms. The van der Waals surface area contributed by atoms with Crippen molar-refractivity contribution in [2.45, 2.75) is 52.4 Å². The van der Waals surface area contributed by atoms with Crippen LogP contribution in [0.5, 0.6) is 0 Å². The van der Waals surface area contributed by atoms with Gasteiger partial charge in [0, 0.05) is 6.42 Å². The average molecular weight is 212 g/mol. The van der Waals surface area contributed by atoms with Crippen molar-refractivity contribution in [2.75, 3.05) is 6.61 Å². The molecule has 0 aliphatic heterocycles. The highest BCUT2D eigenvalue weighted by Gasteiger charge is 2.45. The molecular formula is C12H20O3. The highest BCUT2D eigenvalue weighted by atomic mass is 16.5. The average Bonchev–Trinajstić information content (AvgIpc) is 2.41. The molecule has 1 atom stereocenters. The SMILES string of the molecule is CCOC(=O)C1(CC)CCCCCC1=O. The lowest BCUT2D eigenvalue weighted by Crippen LogP contribution is -2.39. The maximum absolute atomic E-state index is 12.0. The van der Waals surface area contributed by atoms with Crippen LogP contribution in [0, 0.1) is 5.41 Å². The molecule has 0 aromatic heterocycles. The molecule has 0 saturated heterocycles. The predicted octanol–water partition coefficient (Wildman–Crippen LogP) is 2.48. The summed E-state index contributed by atoms with van der Waals surface area (Å²) in [5, 5.41) is 0. The van der Waals surface area contributed by atoms with Gasteiger partial charge in [-0.05, 0) is 26.2 Å². The van der Waals surface area contributed by atoms with Crippen molar-refractivity contribution < 1.29 is 14.3 Å². The number of ketones is 1. The maximum atomic E-state index is 12.0. The van der Waals surface area contributed by atoms with E-state index in [2.05, 4.69) is 0 Å². The first-order chi connectivity index (χ1) is 7.17. The number of ether oxygens (including phenoxy) is 1. The summed E-state index contributed by atoms with van der Waals surface area (Å²) < 4.78 is 5.04. The summed E-state index contributed by atoms with van der Waals surface area (Å²) in [4.78, 5) is 23.9. The summed E-state index contributed by atoms with van der Waals surface area (Å²) in [5.41, 5.74) is -0.827. The Morgan fingerprint density at radius 2 is 2.07 bits per heavy atom. The van der Waals surface area contributed by atoms with E-state index < -0.39 is 5.41 Å². The first-order valence-corrected chi connectivity index (χ1v) is 5.88. The van der Waals surface area contributed by atoms with Crippen LogP contribution in [0.3, 0.4) is 0 Å². The molecule has 1 unspecified atom stereocenters. The fourth-order valence-electron chi connectivity index (χ4n) is 2.27. The third-order valence-corrected chi connectivity index (χ3v) is 3.31. The van der Waals surface area contributed by atoms with E-state index in [4.69, 9.17) is 4.74 Å². The second-order valence-corrected chi connectivity index (χ2v) is 4.14. The number of Topliss-reactive ketones (excluding diaryl/α,β-unsaturated/α-hetero) is 1. The van der Waals surface area contributed by atoms with Crippen LogP contribution in [0.1, 0.15) is 52.4 Å². The Bertz CT molecular complexity index is 247. The quantitative estimate of drug-likeness (QED) is 0.410. The van der Waals surface area contributed by atoms with Crippen molar-refractivity contribution in [3.8, 4) is 0 Å². The Kier molecular flexibility index (Phi) is 4.30. The Labute approximate surface area is 91.2 Å². The van der Waals surface area contributed by atoms with Crippen LogP contribution in [0.4, 0.5) is 0 Å². The molecular weight excluding hydrogens is 192 g/mol. The lowest BCUT2D eigenvalue weighted by Gasteiger charge is -2.27. The molecule has 1 saturated carbocycles. The molecule has 3 nitrogen and oxygen atoms in total. The van der Waals surface area contributed by atoms with E-state index in [1.165, 1.54) is 0 Å². The zero-order chi connectivity index (χ0) is 11.3. The van der Waals surface area contributed by atoms with E-state index in [0.29, 0.717) is 25.9 Å². The smallest absolute Gasteiger partial charge is 0.319 e. The highest BCUT2D eigenvalue weighted by molar-refractivity contribution is 6.03. The molecule has 0 N–H and O–H groups in total. The zero-order valence-electron chi connectivity index (χ0n) is 9.67. The fraction of sp³-hybridized carbons (Fsp3) is 0.833. The first kappa shape index (κ1) is 12.2. The number of carbonyl (C=O) groups is 2. The Morgan fingerprint density at radius 1 is 1.33 bits per heavy atom. The lowest BCUT2D eigenvalue weighted by atomic mass is 9.77. The van der Waals surface area contributed by atoms with Gasteiger partial charge in [0.15, 0.2) is 0 Å². The Morgan fingerprint density at radius 3 is 2.67 bits per heavy atom. The van der Waals surface area contributed by atoms with Crippen molar-refractivity contribution in [1.29, 1.82) is 0 Å². The van der Waals surface area contributed by atoms with Gasteiger partial charge in [-0.3, -0.25) is 9.59 Å². The minimum atomic E-state index is -0.827. The topological polar surface area (TPSA) is 43.4 Å². The molecule has 0 radical (unpaired) electrons. The van der Waals surface area contributed by atoms with Gasteiger partial charge in [-0.1, -0.05) is 19.8 Å². The molecule has 0 amide bonds. The van der Waals surface area contributed by atoms with Crippen LogP contribution < -0.4 is 0 Å². The number of hydrogen-bond acceptors (Lipinski definition) is 3. The number of esters is 1. The van der Waals surface area contributed by atoms with Gasteiger partial charge in [-0.2, -0.15) is 0 Å². The van der Waals surface area contributed by atoms with Crippen molar-refractivity contribution in [1.82, 2.24) is 0 Å². The fourth-order valence-corrected chi connectivity index (χ4v) is 2.27. The molecule has 0 spiro atoms. The molecule has 1 rings (SSSR count). The molecule has 0 aromatic carbocycles. The van der Waals surface area contributed by atoms with Crippen LogP contribution >= 0.6 is 0 Å². The Balaban J connectivity index is 2.87. The number of rotatable bonds is 3. The number of hydrogen-bond donors (Lipinski definition) is 0. The number of carbonyl (C=O) groups excluding carboxylic acids is 2. The van der Waals surface area contributed by atoms with Crippen LogP contribution in [-0.4, -0.2) is 18.4 Å². The van der Waals surface area contributed by atoms with E-state index in [-0.39, 0.29) is 11.8 Å². The van der Waals surface area contributed by atoms with Gasteiger partial charge in [-0.25, -0.2) is 0 Å². The Hall–Kier alpha value is -0.860. The standard InChI is InChI=1S/C12H20O3/c1-3-12(11(14)15-4-2)9-7-5-6-8-10(12)13/h3-9H2,1-2H3. The molecule has 1 aliphatic rings. The van der Waals surface area contributed by atoms with Crippen LogP contribution in [0.15, 0.2) is 0 Å². The summed E-state index contributed by atoms with van der Waals surface area (Å²) >= 11 is 0. The van der Waals surface area contributed by atoms with E-state index in [9.17, 15) is 9.59 Å². The highest BCUT2D eigenvalue weighted by Crippen LogP contribution is 2.36. The molecule has 0 heterocycles. The van der Waals surface area contributed by atoms with Crippen LogP contribution in [0.25, 0.3) is 0 Å². The summed E-state index contributed by atoms with van der Waals surface area (Å²) in [6, 6.07) is 0. The monoisotopic (exact) mass is 212 g/mol. The van der Waals surface area contributed by atoms with Gasteiger partial charge in [0.2, 0.25) is 0 Å². The summed E-state index contributed by atoms with van der Waals surface area (Å²) in [6.45, 7) is 4.04. The van der Waals surface area contributed by atoms with Crippen molar-refractivity contribution in [3.63, 3.8) is 0 Å². The minimum absolute atomic E-state index is 0.0842. The van der Waals surface area contributed by atoms with Gasteiger partial charge in [-0.15, -0.1) is 0 Å². The normalized spacial score (nSPS) is 27.2. The molecule has 86 valence electrons. The van der Waals surface area contributed by atoms with Gasteiger partial charge >= 0.3 is 5.97 Å². The third kappa shape index (κ3) is 2.39. The van der Waals surface area contributed by atoms with E-state index in [1.807, 2.05) is 6.92 Å².